The third kappa shape index (κ3) is 5.27. The van der Waals surface area contributed by atoms with E-state index in [4.69, 9.17) is 4.74 Å². The number of amides is 2. The largest absolute Gasteiger partial charge is 0.462 e. The van der Waals surface area contributed by atoms with Crippen LogP contribution in [-0.4, -0.2) is 28.4 Å². The molecular weight excluding hydrogens is 416 g/mol. The fourth-order valence-electron chi connectivity index (χ4n) is 3.39. The van der Waals surface area contributed by atoms with Gasteiger partial charge in [0, 0.05) is 11.9 Å². The summed E-state index contributed by atoms with van der Waals surface area (Å²) in [5.41, 5.74) is 2.42. The minimum Gasteiger partial charge on any atom is -0.462 e. The van der Waals surface area contributed by atoms with Crippen molar-refractivity contribution in [3.63, 3.8) is 0 Å². The monoisotopic (exact) mass is 440 g/mol. The lowest BCUT2D eigenvalue weighted by Crippen LogP contribution is -2.32. The number of nitrogens with one attached hydrogen (secondary N) is 1. The van der Waals surface area contributed by atoms with Crippen molar-refractivity contribution in [2.45, 2.75) is 13.5 Å². The molecule has 0 unspecified atom stereocenters. The Bertz CT molecular complexity index is 1210. The van der Waals surface area contributed by atoms with E-state index in [1.165, 1.54) is 4.90 Å². The van der Waals surface area contributed by atoms with Crippen LogP contribution in [0.15, 0.2) is 97.2 Å². The number of aromatic nitrogens is 2. The SMILES string of the molecule is CCOC(=O)c1cn(Cc2ccccc2)nc1N(C(=O)Nc1ccccc1)c1ccccc1. The van der Waals surface area contributed by atoms with E-state index in [9.17, 15) is 9.59 Å². The molecule has 0 saturated carbocycles. The van der Waals surface area contributed by atoms with Crippen LogP contribution in [0.5, 0.6) is 0 Å². The van der Waals surface area contributed by atoms with Gasteiger partial charge in [0.2, 0.25) is 0 Å². The Balaban J connectivity index is 1.77. The van der Waals surface area contributed by atoms with Crippen LogP contribution in [0.1, 0.15) is 22.8 Å². The summed E-state index contributed by atoms with van der Waals surface area (Å²) in [7, 11) is 0. The first kappa shape index (κ1) is 21.8. The average molecular weight is 441 g/mol. The van der Waals surface area contributed by atoms with E-state index in [2.05, 4.69) is 10.4 Å². The Labute approximate surface area is 192 Å². The first-order chi connectivity index (χ1) is 16.2. The van der Waals surface area contributed by atoms with Gasteiger partial charge in [-0.25, -0.2) is 14.5 Å². The van der Waals surface area contributed by atoms with Crippen molar-refractivity contribution in [3.8, 4) is 0 Å². The van der Waals surface area contributed by atoms with Gasteiger partial charge in [0.15, 0.2) is 5.82 Å². The van der Waals surface area contributed by atoms with Crippen LogP contribution in [0.3, 0.4) is 0 Å². The molecule has 166 valence electrons. The zero-order chi connectivity index (χ0) is 23.0. The predicted octanol–water partition coefficient (Wildman–Crippen LogP) is 5.48. The van der Waals surface area contributed by atoms with Gasteiger partial charge in [-0.05, 0) is 36.8 Å². The van der Waals surface area contributed by atoms with E-state index >= 15 is 0 Å². The maximum atomic E-state index is 13.4. The van der Waals surface area contributed by atoms with Crippen molar-refractivity contribution in [2.75, 3.05) is 16.8 Å². The number of anilines is 3. The lowest BCUT2D eigenvalue weighted by atomic mass is 10.2. The van der Waals surface area contributed by atoms with E-state index in [0.29, 0.717) is 17.9 Å². The van der Waals surface area contributed by atoms with Crippen molar-refractivity contribution in [2.24, 2.45) is 0 Å². The second kappa shape index (κ2) is 10.3. The maximum absolute atomic E-state index is 13.4. The molecule has 0 aliphatic rings. The van der Waals surface area contributed by atoms with Gasteiger partial charge in [-0.1, -0.05) is 66.7 Å². The first-order valence-electron chi connectivity index (χ1n) is 10.7. The lowest BCUT2D eigenvalue weighted by Gasteiger charge is -2.22. The van der Waals surface area contributed by atoms with Gasteiger partial charge >= 0.3 is 12.0 Å². The van der Waals surface area contributed by atoms with Gasteiger partial charge in [-0.15, -0.1) is 0 Å². The zero-order valence-corrected chi connectivity index (χ0v) is 18.2. The van der Waals surface area contributed by atoms with Crippen molar-refractivity contribution < 1.29 is 14.3 Å². The van der Waals surface area contributed by atoms with E-state index in [-0.39, 0.29) is 18.0 Å². The highest BCUT2D eigenvalue weighted by molar-refractivity contribution is 6.10. The Morgan fingerprint density at radius 2 is 1.52 bits per heavy atom. The van der Waals surface area contributed by atoms with Crippen LogP contribution < -0.4 is 10.2 Å². The summed E-state index contributed by atoms with van der Waals surface area (Å²) in [6.45, 7) is 2.39. The predicted molar refractivity (Wildman–Crippen MR) is 128 cm³/mol. The molecule has 0 aliphatic heterocycles. The summed E-state index contributed by atoms with van der Waals surface area (Å²) in [4.78, 5) is 27.6. The highest BCUT2D eigenvalue weighted by atomic mass is 16.5. The third-order valence-corrected chi connectivity index (χ3v) is 4.88. The number of hydrogen-bond donors (Lipinski definition) is 1. The van der Waals surface area contributed by atoms with Crippen molar-refractivity contribution >= 4 is 29.2 Å². The van der Waals surface area contributed by atoms with E-state index < -0.39 is 12.0 Å². The minimum atomic E-state index is -0.541. The molecule has 1 N–H and O–H groups in total. The van der Waals surface area contributed by atoms with Gasteiger partial charge in [0.1, 0.15) is 5.56 Å². The normalized spacial score (nSPS) is 10.5. The number of urea groups is 1. The Kier molecular flexibility index (Phi) is 6.80. The number of hydrogen-bond acceptors (Lipinski definition) is 4. The van der Waals surface area contributed by atoms with Gasteiger partial charge in [0.25, 0.3) is 0 Å². The van der Waals surface area contributed by atoms with Gasteiger partial charge in [-0.2, -0.15) is 5.10 Å². The Morgan fingerprint density at radius 3 is 2.15 bits per heavy atom. The van der Waals surface area contributed by atoms with Crippen LogP contribution >= 0.6 is 0 Å². The Morgan fingerprint density at radius 1 is 0.909 bits per heavy atom. The first-order valence-corrected chi connectivity index (χ1v) is 10.7. The molecule has 7 nitrogen and oxygen atoms in total. The molecule has 7 heteroatoms. The quantitative estimate of drug-likeness (QED) is 0.386. The number of carbonyl (C=O) groups excluding carboxylic acids is 2. The Hall–Kier alpha value is -4.39. The van der Waals surface area contributed by atoms with E-state index in [1.54, 1.807) is 42.1 Å². The third-order valence-electron chi connectivity index (χ3n) is 4.88. The van der Waals surface area contributed by atoms with Crippen LogP contribution in [0.4, 0.5) is 22.0 Å². The van der Waals surface area contributed by atoms with Crippen LogP contribution in [0, 0.1) is 0 Å². The summed E-state index contributed by atoms with van der Waals surface area (Å²) in [6, 6.07) is 27.5. The molecule has 0 fully saturated rings. The van der Waals surface area contributed by atoms with Crippen molar-refractivity contribution in [1.82, 2.24) is 9.78 Å². The molecule has 0 spiro atoms. The fraction of sp³-hybridized carbons (Fsp3) is 0.115. The molecular formula is C26H24N4O3. The van der Waals surface area contributed by atoms with Gasteiger partial charge in [-0.3, -0.25) is 4.68 Å². The number of rotatable bonds is 7. The summed E-state index contributed by atoms with van der Waals surface area (Å²) >= 11 is 0. The highest BCUT2D eigenvalue weighted by Crippen LogP contribution is 2.29. The van der Waals surface area contributed by atoms with Gasteiger partial charge in [0.05, 0.1) is 18.8 Å². The molecule has 1 heterocycles. The zero-order valence-electron chi connectivity index (χ0n) is 18.2. The summed E-state index contributed by atoms with van der Waals surface area (Å²) in [6.07, 6.45) is 1.62. The molecule has 2 amide bonds. The van der Waals surface area contributed by atoms with Gasteiger partial charge < -0.3 is 10.1 Å². The standard InChI is InChI=1S/C26H24N4O3/c1-2-33-25(31)23-19-29(18-20-12-6-3-7-13-20)28-24(23)30(22-16-10-5-11-17-22)26(32)27-21-14-8-4-9-15-21/h3-17,19H,2,18H2,1H3,(H,27,32). The molecule has 0 atom stereocenters. The summed E-state index contributed by atoms with van der Waals surface area (Å²) < 4.78 is 6.91. The minimum absolute atomic E-state index is 0.198. The van der Waals surface area contributed by atoms with Crippen molar-refractivity contribution in [1.29, 1.82) is 0 Å². The smallest absolute Gasteiger partial charge is 0.343 e. The topological polar surface area (TPSA) is 76.5 Å². The number of ether oxygens (including phenoxy) is 1. The number of carbonyl (C=O) groups is 2. The fourth-order valence-corrected chi connectivity index (χ4v) is 3.39. The summed E-state index contributed by atoms with van der Waals surface area (Å²) in [5, 5.41) is 7.51. The number of nitrogens with zero attached hydrogens (tertiary/aromatic N) is 3. The van der Waals surface area contributed by atoms with E-state index in [1.807, 2.05) is 66.7 Å². The molecule has 0 aliphatic carbocycles. The number of benzene rings is 3. The molecule has 33 heavy (non-hydrogen) atoms. The highest BCUT2D eigenvalue weighted by Gasteiger charge is 2.28. The average Bonchev–Trinajstić information content (AvgIpc) is 3.24. The molecule has 0 bridgehead atoms. The van der Waals surface area contributed by atoms with E-state index in [0.717, 1.165) is 5.56 Å². The van der Waals surface area contributed by atoms with Crippen LogP contribution in [0.2, 0.25) is 0 Å². The molecule has 3 aromatic carbocycles. The van der Waals surface area contributed by atoms with Crippen molar-refractivity contribution in [3.05, 3.63) is 108 Å². The second-order valence-corrected chi connectivity index (χ2v) is 7.24. The molecule has 0 saturated heterocycles. The molecule has 4 aromatic rings. The molecule has 1 aromatic heterocycles. The molecule has 4 rings (SSSR count). The van der Waals surface area contributed by atoms with Crippen LogP contribution in [-0.2, 0) is 11.3 Å². The second-order valence-electron chi connectivity index (χ2n) is 7.24. The van der Waals surface area contributed by atoms with Crippen LogP contribution in [0.25, 0.3) is 0 Å². The number of para-hydroxylation sites is 2. The summed E-state index contributed by atoms with van der Waals surface area (Å²) in [5.74, 6) is -0.343. The number of esters is 1. The molecule has 0 radical (unpaired) electrons. The maximum Gasteiger partial charge on any atom is 0.343 e. The lowest BCUT2D eigenvalue weighted by molar-refractivity contribution is 0.0527.